The molecule has 0 radical (unpaired) electrons. The van der Waals surface area contributed by atoms with Crippen molar-refractivity contribution >= 4 is 17.0 Å². The predicted octanol–water partition coefficient (Wildman–Crippen LogP) is 3.32. The molecule has 3 aromatic rings. The lowest BCUT2D eigenvalue weighted by Gasteiger charge is -2.09. The molecule has 0 fully saturated rings. The molecule has 0 bridgehead atoms. The fourth-order valence-electron chi connectivity index (χ4n) is 1.83. The first-order valence-corrected chi connectivity index (χ1v) is 6.30. The van der Waals surface area contributed by atoms with Crippen LogP contribution in [0.5, 0.6) is 0 Å². The Morgan fingerprint density at radius 2 is 2.17 bits per heavy atom. The van der Waals surface area contributed by atoms with Crippen molar-refractivity contribution in [3.8, 4) is 16.9 Å². The Kier molecular flexibility index (Phi) is 2.60. The number of benzene rings is 1. The Morgan fingerprint density at radius 1 is 1.28 bits per heavy atom. The van der Waals surface area contributed by atoms with E-state index in [9.17, 15) is 4.39 Å². The molecule has 0 spiro atoms. The van der Waals surface area contributed by atoms with Crippen molar-refractivity contribution in [2.75, 3.05) is 5.73 Å². The minimum Gasteiger partial charge on any atom is -0.399 e. The molecule has 0 aliphatic rings. The molecule has 0 saturated carbocycles. The molecule has 0 aliphatic heterocycles. The zero-order valence-electron chi connectivity index (χ0n) is 9.38. The van der Waals surface area contributed by atoms with Crippen molar-refractivity contribution in [1.29, 1.82) is 0 Å². The van der Waals surface area contributed by atoms with Crippen LogP contribution in [0.2, 0.25) is 0 Å². The second-order valence-corrected chi connectivity index (χ2v) is 4.65. The molecule has 0 aliphatic carbocycles. The van der Waals surface area contributed by atoms with E-state index in [1.807, 2.05) is 16.8 Å². The Bertz CT molecular complexity index is 673. The van der Waals surface area contributed by atoms with Gasteiger partial charge in [-0.05, 0) is 29.6 Å². The summed E-state index contributed by atoms with van der Waals surface area (Å²) in [6.45, 7) is 0. The number of anilines is 1. The molecule has 0 saturated heterocycles. The molecule has 0 unspecified atom stereocenters. The van der Waals surface area contributed by atoms with Crippen LogP contribution < -0.4 is 5.73 Å². The van der Waals surface area contributed by atoms with Crippen LogP contribution in [0.1, 0.15) is 0 Å². The maximum absolute atomic E-state index is 13.9. The van der Waals surface area contributed by atoms with Gasteiger partial charge in [-0.15, -0.1) is 0 Å². The first kappa shape index (κ1) is 11.0. The van der Waals surface area contributed by atoms with Crippen LogP contribution in [0.3, 0.4) is 0 Å². The van der Waals surface area contributed by atoms with Gasteiger partial charge in [-0.1, -0.05) is 0 Å². The minimum atomic E-state index is -0.321. The van der Waals surface area contributed by atoms with Crippen molar-refractivity contribution in [2.45, 2.75) is 0 Å². The molecule has 3 rings (SSSR count). The van der Waals surface area contributed by atoms with E-state index in [1.165, 1.54) is 6.07 Å². The monoisotopic (exact) mass is 259 g/mol. The fourth-order valence-corrected chi connectivity index (χ4v) is 2.47. The van der Waals surface area contributed by atoms with Gasteiger partial charge in [0.05, 0.1) is 23.9 Å². The molecular formula is C13H10FN3S. The number of aromatic nitrogens is 2. The Balaban J connectivity index is 2.19. The molecule has 2 aromatic heterocycles. The van der Waals surface area contributed by atoms with Crippen LogP contribution in [0, 0.1) is 5.82 Å². The molecule has 2 heterocycles. The van der Waals surface area contributed by atoms with Crippen molar-refractivity contribution in [3.63, 3.8) is 0 Å². The largest absolute Gasteiger partial charge is 0.399 e. The second-order valence-electron chi connectivity index (χ2n) is 3.87. The summed E-state index contributed by atoms with van der Waals surface area (Å²) in [5.74, 6) is -0.321. The third-order valence-corrected chi connectivity index (χ3v) is 3.37. The molecule has 90 valence electrons. The quantitative estimate of drug-likeness (QED) is 0.717. The number of imidazole rings is 1. The van der Waals surface area contributed by atoms with E-state index in [0.29, 0.717) is 11.4 Å². The highest BCUT2D eigenvalue weighted by Crippen LogP contribution is 2.26. The van der Waals surface area contributed by atoms with E-state index >= 15 is 0 Å². The van der Waals surface area contributed by atoms with Crippen LogP contribution in [0.4, 0.5) is 10.1 Å². The van der Waals surface area contributed by atoms with Crippen LogP contribution in [-0.4, -0.2) is 9.55 Å². The lowest BCUT2D eigenvalue weighted by atomic mass is 10.2. The Hall–Kier alpha value is -2.14. The number of halogens is 1. The number of nitrogens with two attached hydrogens (primary N) is 1. The minimum absolute atomic E-state index is 0.321. The molecule has 3 nitrogen and oxygen atoms in total. The van der Waals surface area contributed by atoms with Crippen LogP contribution in [-0.2, 0) is 0 Å². The number of hydrogen-bond donors (Lipinski definition) is 1. The lowest BCUT2D eigenvalue weighted by Crippen LogP contribution is -1.99. The summed E-state index contributed by atoms with van der Waals surface area (Å²) >= 11 is 1.59. The zero-order valence-corrected chi connectivity index (χ0v) is 10.2. The first-order chi connectivity index (χ1) is 8.75. The van der Waals surface area contributed by atoms with Gasteiger partial charge in [-0.2, -0.15) is 11.3 Å². The van der Waals surface area contributed by atoms with Gasteiger partial charge in [-0.25, -0.2) is 9.37 Å². The SMILES string of the molecule is Nc1ccc(F)c(-n2cncc2-c2ccsc2)c1. The van der Waals surface area contributed by atoms with E-state index in [2.05, 4.69) is 4.98 Å². The summed E-state index contributed by atoms with van der Waals surface area (Å²) in [6, 6.07) is 6.48. The third-order valence-electron chi connectivity index (χ3n) is 2.69. The van der Waals surface area contributed by atoms with Gasteiger partial charge in [0.15, 0.2) is 0 Å². The second kappa shape index (κ2) is 4.27. The maximum atomic E-state index is 13.9. The van der Waals surface area contributed by atoms with Crippen molar-refractivity contribution in [2.24, 2.45) is 0 Å². The molecule has 18 heavy (non-hydrogen) atoms. The van der Waals surface area contributed by atoms with Gasteiger partial charge in [0.2, 0.25) is 0 Å². The lowest BCUT2D eigenvalue weighted by molar-refractivity contribution is 0.619. The van der Waals surface area contributed by atoms with Gasteiger partial charge in [0.1, 0.15) is 5.82 Å². The molecule has 1 aromatic carbocycles. The Morgan fingerprint density at radius 3 is 2.94 bits per heavy atom. The van der Waals surface area contributed by atoms with E-state index < -0.39 is 0 Å². The topological polar surface area (TPSA) is 43.8 Å². The highest BCUT2D eigenvalue weighted by Gasteiger charge is 2.11. The summed E-state index contributed by atoms with van der Waals surface area (Å²) in [7, 11) is 0. The fraction of sp³-hybridized carbons (Fsp3) is 0. The van der Waals surface area contributed by atoms with E-state index in [0.717, 1.165) is 11.3 Å². The summed E-state index contributed by atoms with van der Waals surface area (Å²) in [4.78, 5) is 4.09. The number of rotatable bonds is 2. The summed E-state index contributed by atoms with van der Waals surface area (Å²) in [5.41, 5.74) is 8.50. The number of thiophene rings is 1. The van der Waals surface area contributed by atoms with E-state index in [-0.39, 0.29) is 5.82 Å². The van der Waals surface area contributed by atoms with Crippen LogP contribution in [0.15, 0.2) is 47.5 Å². The summed E-state index contributed by atoms with van der Waals surface area (Å²) in [6.07, 6.45) is 3.30. The highest BCUT2D eigenvalue weighted by atomic mass is 32.1. The average Bonchev–Trinajstić information content (AvgIpc) is 3.00. The van der Waals surface area contributed by atoms with Gasteiger partial charge >= 0.3 is 0 Å². The van der Waals surface area contributed by atoms with Gasteiger partial charge in [0, 0.05) is 16.6 Å². The number of nitrogen functional groups attached to an aromatic ring is 1. The summed E-state index contributed by atoms with van der Waals surface area (Å²) < 4.78 is 15.6. The highest BCUT2D eigenvalue weighted by molar-refractivity contribution is 7.08. The first-order valence-electron chi connectivity index (χ1n) is 5.36. The van der Waals surface area contributed by atoms with E-state index in [1.54, 1.807) is 40.6 Å². The normalized spacial score (nSPS) is 10.7. The summed E-state index contributed by atoms with van der Waals surface area (Å²) in [5, 5.41) is 3.97. The standard InChI is InChI=1S/C13H10FN3S/c14-11-2-1-10(15)5-12(11)17-8-16-6-13(17)9-3-4-18-7-9/h1-8H,15H2. The van der Waals surface area contributed by atoms with Gasteiger partial charge < -0.3 is 5.73 Å². The number of hydrogen-bond acceptors (Lipinski definition) is 3. The van der Waals surface area contributed by atoms with Gasteiger partial charge in [-0.3, -0.25) is 4.57 Å². The molecular weight excluding hydrogens is 249 g/mol. The van der Waals surface area contributed by atoms with Crippen molar-refractivity contribution < 1.29 is 4.39 Å². The average molecular weight is 259 g/mol. The van der Waals surface area contributed by atoms with Gasteiger partial charge in [0.25, 0.3) is 0 Å². The number of nitrogens with zero attached hydrogens (tertiary/aromatic N) is 2. The smallest absolute Gasteiger partial charge is 0.147 e. The Labute approximate surface area is 107 Å². The van der Waals surface area contributed by atoms with Crippen LogP contribution in [0.25, 0.3) is 16.9 Å². The molecule has 2 N–H and O–H groups in total. The van der Waals surface area contributed by atoms with Crippen molar-refractivity contribution in [3.05, 3.63) is 53.4 Å². The molecule has 0 amide bonds. The predicted molar refractivity (Wildman–Crippen MR) is 71.2 cm³/mol. The van der Waals surface area contributed by atoms with Crippen molar-refractivity contribution in [1.82, 2.24) is 9.55 Å². The molecule has 0 atom stereocenters. The van der Waals surface area contributed by atoms with Crippen LogP contribution >= 0.6 is 11.3 Å². The third kappa shape index (κ3) is 1.78. The van der Waals surface area contributed by atoms with E-state index in [4.69, 9.17) is 5.73 Å². The zero-order chi connectivity index (χ0) is 12.5. The molecule has 5 heteroatoms. The maximum Gasteiger partial charge on any atom is 0.147 e.